The number of hydrogen-bond donors (Lipinski definition) is 1. The fourth-order valence-electron chi connectivity index (χ4n) is 1.67. The molecule has 1 aromatic rings. The summed E-state index contributed by atoms with van der Waals surface area (Å²) < 4.78 is 9.55. The van der Waals surface area contributed by atoms with E-state index >= 15 is 0 Å². The second-order valence-electron chi connectivity index (χ2n) is 4.46. The van der Waals surface area contributed by atoms with Gasteiger partial charge in [-0.25, -0.2) is 4.79 Å². The van der Waals surface area contributed by atoms with Gasteiger partial charge in [0.15, 0.2) is 0 Å². The zero-order valence-electron chi connectivity index (χ0n) is 13.0. The molecule has 0 aliphatic rings. The van der Waals surface area contributed by atoms with Crippen molar-refractivity contribution in [2.24, 2.45) is 0 Å². The van der Waals surface area contributed by atoms with Gasteiger partial charge in [0.1, 0.15) is 11.8 Å². The van der Waals surface area contributed by atoms with Gasteiger partial charge in [0.2, 0.25) is 11.0 Å². The monoisotopic (exact) mass is 339 g/mol. The highest BCUT2D eigenvalue weighted by Gasteiger charge is 2.23. The highest BCUT2D eigenvalue weighted by Crippen LogP contribution is 2.24. The summed E-state index contributed by atoms with van der Waals surface area (Å²) in [6.07, 6.45) is 0. The molecule has 0 spiro atoms. The molecule has 0 aromatic heterocycles. The van der Waals surface area contributed by atoms with E-state index < -0.39 is 23.9 Å². The van der Waals surface area contributed by atoms with E-state index in [1.54, 1.807) is 12.1 Å². The Kier molecular flexibility index (Phi) is 7.27. The van der Waals surface area contributed by atoms with Gasteiger partial charge in [-0.2, -0.15) is 0 Å². The molecule has 0 heterocycles. The van der Waals surface area contributed by atoms with Crippen LogP contribution in [0.4, 0.5) is 0 Å². The molecule has 8 heteroatoms. The van der Waals surface area contributed by atoms with Crippen molar-refractivity contribution >= 4 is 34.7 Å². The number of carbonyl (C=O) groups is 4. The minimum absolute atomic E-state index is 0.000504. The Hall–Kier alpha value is -2.35. The van der Waals surface area contributed by atoms with Gasteiger partial charge in [-0.15, -0.1) is 0 Å². The second-order valence-corrected chi connectivity index (χ2v) is 5.46. The highest BCUT2D eigenvalue weighted by atomic mass is 32.2. The van der Waals surface area contributed by atoms with Crippen LogP contribution in [0.1, 0.15) is 24.2 Å². The number of nitrogens with one attached hydrogen (secondary N) is 1. The average molecular weight is 339 g/mol. The maximum atomic E-state index is 12.3. The van der Waals surface area contributed by atoms with Crippen molar-refractivity contribution in [2.45, 2.75) is 19.9 Å². The number of amides is 1. The van der Waals surface area contributed by atoms with Crippen LogP contribution in [0.3, 0.4) is 0 Å². The molecule has 1 atom stereocenters. The summed E-state index contributed by atoms with van der Waals surface area (Å²) in [7, 11) is 1.19. The molecular weight excluding hydrogens is 322 g/mol. The predicted octanol–water partition coefficient (Wildman–Crippen LogP) is 1.16. The smallest absolute Gasteiger partial charge is 0.329 e. The quantitative estimate of drug-likeness (QED) is 0.613. The Morgan fingerprint density at radius 1 is 1.17 bits per heavy atom. The number of benzene rings is 1. The lowest BCUT2D eigenvalue weighted by Crippen LogP contribution is -2.42. The summed E-state index contributed by atoms with van der Waals surface area (Å²) in [5, 5.41) is 2.02. The van der Waals surface area contributed by atoms with Gasteiger partial charge < -0.3 is 14.8 Å². The molecule has 124 valence electrons. The third-order valence-electron chi connectivity index (χ3n) is 2.60. The van der Waals surface area contributed by atoms with Crippen LogP contribution in [0.25, 0.3) is 0 Å². The van der Waals surface area contributed by atoms with Crippen LogP contribution in [0.2, 0.25) is 0 Å². The SMILES string of the molecule is COC(=O)C(CSC(=O)c1ccccc1OC(C)=O)NC(C)=O. The maximum absolute atomic E-state index is 12.3. The first kappa shape index (κ1) is 18.7. The number of esters is 2. The van der Waals surface area contributed by atoms with Crippen LogP contribution in [0, 0.1) is 0 Å². The molecule has 1 amide bonds. The van der Waals surface area contributed by atoms with Crippen LogP contribution in [-0.4, -0.2) is 41.9 Å². The molecule has 0 radical (unpaired) electrons. The number of ether oxygens (including phenoxy) is 2. The topological polar surface area (TPSA) is 98.8 Å². The van der Waals surface area contributed by atoms with E-state index in [0.717, 1.165) is 11.8 Å². The Balaban J connectivity index is 2.80. The van der Waals surface area contributed by atoms with E-state index in [-0.39, 0.29) is 22.2 Å². The minimum Gasteiger partial charge on any atom is -0.467 e. The van der Waals surface area contributed by atoms with E-state index in [1.165, 1.54) is 33.1 Å². The van der Waals surface area contributed by atoms with Crippen molar-refractivity contribution in [3.63, 3.8) is 0 Å². The Morgan fingerprint density at radius 3 is 2.39 bits per heavy atom. The van der Waals surface area contributed by atoms with Crippen molar-refractivity contribution in [1.29, 1.82) is 0 Å². The van der Waals surface area contributed by atoms with Crippen LogP contribution >= 0.6 is 11.8 Å². The number of rotatable bonds is 6. The summed E-state index contributed by atoms with van der Waals surface area (Å²) in [4.78, 5) is 46.0. The number of thioether (sulfide) groups is 1. The number of carbonyl (C=O) groups excluding carboxylic acids is 4. The molecule has 23 heavy (non-hydrogen) atoms. The van der Waals surface area contributed by atoms with Crippen molar-refractivity contribution in [3.05, 3.63) is 29.8 Å². The molecule has 0 aliphatic carbocycles. The summed E-state index contributed by atoms with van der Waals surface area (Å²) in [5.74, 6) is -1.45. The molecule has 1 rings (SSSR count). The third-order valence-corrected chi connectivity index (χ3v) is 3.59. The minimum atomic E-state index is -0.938. The standard InChI is InChI=1S/C15H17NO6S/c1-9(17)16-12(14(19)21-3)8-23-15(20)11-6-4-5-7-13(11)22-10(2)18/h4-7,12H,8H2,1-3H3,(H,16,17). The van der Waals surface area contributed by atoms with Crippen molar-refractivity contribution in [3.8, 4) is 5.75 Å². The first-order valence-electron chi connectivity index (χ1n) is 6.64. The number of para-hydroxylation sites is 1. The Bertz CT molecular complexity index is 616. The average Bonchev–Trinajstić information content (AvgIpc) is 2.49. The van der Waals surface area contributed by atoms with Crippen LogP contribution in [0.15, 0.2) is 24.3 Å². The lowest BCUT2D eigenvalue weighted by atomic mass is 10.2. The number of hydrogen-bond acceptors (Lipinski definition) is 7. The largest absolute Gasteiger partial charge is 0.467 e. The summed E-state index contributed by atoms with van der Waals surface area (Å²) in [5.41, 5.74) is 0.208. The van der Waals surface area contributed by atoms with Gasteiger partial charge in [-0.3, -0.25) is 14.4 Å². The first-order valence-corrected chi connectivity index (χ1v) is 7.63. The molecule has 1 aromatic carbocycles. The lowest BCUT2D eigenvalue weighted by molar-refractivity contribution is -0.144. The molecule has 0 aliphatic heterocycles. The van der Waals surface area contributed by atoms with E-state index in [2.05, 4.69) is 10.1 Å². The fourth-order valence-corrected chi connectivity index (χ4v) is 2.53. The first-order chi connectivity index (χ1) is 10.8. The molecule has 0 bridgehead atoms. The summed E-state index contributed by atoms with van der Waals surface area (Å²) in [6.45, 7) is 2.50. The zero-order chi connectivity index (χ0) is 17.4. The molecule has 0 saturated heterocycles. The van der Waals surface area contributed by atoms with Gasteiger partial charge in [0, 0.05) is 19.6 Å². The Labute approximate surface area is 137 Å². The van der Waals surface area contributed by atoms with Crippen molar-refractivity contribution in [1.82, 2.24) is 5.32 Å². The summed E-state index contributed by atoms with van der Waals surface area (Å²) in [6, 6.07) is 5.34. The molecular formula is C15H17NO6S. The lowest BCUT2D eigenvalue weighted by Gasteiger charge is -2.15. The van der Waals surface area contributed by atoms with Crippen LogP contribution in [-0.2, 0) is 19.1 Å². The molecule has 1 unspecified atom stereocenters. The van der Waals surface area contributed by atoms with E-state index in [4.69, 9.17) is 4.74 Å². The number of methoxy groups -OCH3 is 1. The van der Waals surface area contributed by atoms with Crippen LogP contribution in [0.5, 0.6) is 5.75 Å². The Morgan fingerprint density at radius 2 is 1.83 bits per heavy atom. The van der Waals surface area contributed by atoms with E-state index in [9.17, 15) is 19.2 Å². The van der Waals surface area contributed by atoms with Gasteiger partial charge in [-0.1, -0.05) is 23.9 Å². The fraction of sp³-hybridized carbons (Fsp3) is 0.333. The van der Waals surface area contributed by atoms with E-state index in [0.29, 0.717) is 0 Å². The molecule has 0 saturated carbocycles. The van der Waals surface area contributed by atoms with Crippen molar-refractivity contribution in [2.75, 3.05) is 12.9 Å². The highest BCUT2D eigenvalue weighted by molar-refractivity contribution is 8.14. The van der Waals surface area contributed by atoms with E-state index in [1.807, 2.05) is 0 Å². The molecule has 0 fully saturated rings. The van der Waals surface area contributed by atoms with Crippen molar-refractivity contribution < 1.29 is 28.7 Å². The second kappa shape index (κ2) is 8.94. The zero-order valence-corrected chi connectivity index (χ0v) is 13.8. The van der Waals surface area contributed by atoms with Gasteiger partial charge in [0.05, 0.1) is 12.7 Å². The van der Waals surface area contributed by atoms with Gasteiger partial charge >= 0.3 is 11.9 Å². The maximum Gasteiger partial charge on any atom is 0.329 e. The van der Waals surface area contributed by atoms with Gasteiger partial charge in [0.25, 0.3) is 0 Å². The molecule has 7 nitrogen and oxygen atoms in total. The molecule has 1 N–H and O–H groups in total. The normalized spacial score (nSPS) is 11.3. The predicted molar refractivity (Wildman–Crippen MR) is 84.2 cm³/mol. The van der Waals surface area contributed by atoms with Gasteiger partial charge in [-0.05, 0) is 12.1 Å². The van der Waals surface area contributed by atoms with Crippen LogP contribution < -0.4 is 10.1 Å². The summed E-state index contributed by atoms with van der Waals surface area (Å²) >= 11 is 0.819. The third kappa shape index (κ3) is 6.11.